The minimum Gasteiger partial charge on any atom is -0.328 e. The lowest BCUT2D eigenvalue weighted by Gasteiger charge is -2.33. The van der Waals surface area contributed by atoms with Gasteiger partial charge in [0.05, 0.1) is 6.54 Å². The molecule has 0 bridgehead atoms. The van der Waals surface area contributed by atoms with E-state index in [-0.39, 0.29) is 0 Å². The molecule has 0 amide bonds. The van der Waals surface area contributed by atoms with Gasteiger partial charge in [-0.1, -0.05) is 0 Å². The molecule has 0 radical (unpaired) electrons. The van der Waals surface area contributed by atoms with Gasteiger partial charge in [-0.3, -0.25) is 4.90 Å². The summed E-state index contributed by atoms with van der Waals surface area (Å²) in [5, 5.41) is 17.0. The molecule has 25 heavy (non-hydrogen) atoms. The van der Waals surface area contributed by atoms with Crippen LogP contribution < -0.4 is 5.73 Å². The van der Waals surface area contributed by atoms with Gasteiger partial charge in [-0.15, -0.1) is 20.4 Å². The van der Waals surface area contributed by atoms with E-state index in [1.54, 1.807) is 0 Å². The van der Waals surface area contributed by atoms with Crippen LogP contribution in [0, 0.1) is 0 Å². The molecule has 134 valence electrons. The predicted molar refractivity (Wildman–Crippen MR) is 91.8 cm³/mol. The molecule has 1 saturated heterocycles. The molecule has 8 heteroatoms. The van der Waals surface area contributed by atoms with Crippen molar-refractivity contribution in [3.8, 4) is 0 Å². The molecule has 0 atom stereocenters. The topological polar surface area (TPSA) is 90.7 Å². The Bertz CT molecular complexity index is 705. The molecule has 8 nitrogen and oxygen atoms in total. The number of hydrogen-bond donors (Lipinski definition) is 1. The lowest BCUT2D eigenvalue weighted by atomic mass is 9.80. The highest BCUT2D eigenvalue weighted by atomic mass is 15.3. The molecule has 0 spiro atoms. The van der Waals surface area contributed by atoms with Crippen molar-refractivity contribution in [2.24, 2.45) is 5.73 Å². The number of piperidine rings is 1. The van der Waals surface area contributed by atoms with Crippen LogP contribution in [0.1, 0.15) is 68.2 Å². The quantitative estimate of drug-likeness (QED) is 0.879. The molecule has 3 aliphatic rings. The molecule has 5 rings (SSSR count). The van der Waals surface area contributed by atoms with E-state index in [1.807, 2.05) is 12.7 Å². The van der Waals surface area contributed by atoms with Crippen LogP contribution in [0.5, 0.6) is 0 Å². The van der Waals surface area contributed by atoms with Crippen molar-refractivity contribution in [1.82, 2.24) is 34.4 Å². The van der Waals surface area contributed by atoms with Crippen molar-refractivity contribution in [2.45, 2.75) is 69.1 Å². The van der Waals surface area contributed by atoms with Crippen LogP contribution in [0.4, 0.5) is 0 Å². The second-order valence-corrected chi connectivity index (χ2v) is 7.92. The smallest absolute Gasteiger partial charge is 0.147 e. The number of nitrogens with two attached hydrogens (primary N) is 1. The Morgan fingerprint density at radius 3 is 2.32 bits per heavy atom. The van der Waals surface area contributed by atoms with Gasteiger partial charge in [-0.2, -0.15) is 0 Å². The molecule has 1 aliphatic heterocycles. The second-order valence-electron chi connectivity index (χ2n) is 7.92. The molecule has 2 N–H and O–H groups in total. The first-order valence-corrected chi connectivity index (χ1v) is 9.53. The van der Waals surface area contributed by atoms with Gasteiger partial charge >= 0.3 is 0 Å². The highest BCUT2D eigenvalue weighted by molar-refractivity contribution is 5.12. The summed E-state index contributed by atoms with van der Waals surface area (Å²) in [6.45, 7) is 3.09. The lowest BCUT2D eigenvalue weighted by Crippen LogP contribution is -2.36. The maximum absolute atomic E-state index is 5.98. The van der Waals surface area contributed by atoms with Gasteiger partial charge in [0.2, 0.25) is 0 Å². The van der Waals surface area contributed by atoms with Crippen LogP contribution >= 0.6 is 0 Å². The molecule has 0 aromatic carbocycles. The Labute approximate surface area is 147 Å². The Morgan fingerprint density at radius 2 is 1.68 bits per heavy atom. The van der Waals surface area contributed by atoms with Crippen LogP contribution in [-0.4, -0.2) is 53.6 Å². The van der Waals surface area contributed by atoms with E-state index < -0.39 is 0 Å². The fourth-order valence-electron chi connectivity index (χ4n) is 4.30. The third kappa shape index (κ3) is 2.97. The van der Waals surface area contributed by atoms with Gasteiger partial charge in [-0.05, 0) is 38.5 Å². The summed E-state index contributed by atoms with van der Waals surface area (Å²) >= 11 is 0. The molecule has 2 saturated carbocycles. The third-order valence-electron chi connectivity index (χ3n) is 6.02. The first kappa shape index (κ1) is 15.5. The summed E-state index contributed by atoms with van der Waals surface area (Å²) in [6.07, 6.45) is 10.6. The zero-order valence-corrected chi connectivity index (χ0v) is 14.5. The summed E-state index contributed by atoms with van der Waals surface area (Å²) < 4.78 is 4.59. The van der Waals surface area contributed by atoms with E-state index in [0.29, 0.717) is 24.0 Å². The molecule has 3 heterocycles. The fraction of sp³-hybridized carbons (Fsp3) is 0.765. The first-order valence-electron chi connectivity index (χ1n) is 9.53. The number of nitrogens with zero attached hydrogens (tertiary/aromatic N) is 7. The average Bonchev–Trinajstić information content (AvgIpc) is 3.13. The minimum atomic E-state index is 0.356. The summed E-state index contributed by atoms with van der Waals surface area (Å²) in [4.78, 5) is 2.51. The first-order chi connectivity index (χ1) is 12.3. The molecule has 3 fully saturated rings. The van der Waals surface area contributed by atoms with Gasteiger partial charge < -0.3 is 14.9 Å². The second kappa shape index (κ2) is 6.17. The SMILES string of the molecule is NC1CC(c2nnc(CN3CCC(n4cnnc4)CC3)n2C2CC2)C1. The normalized spacial score (nSPS) is 28.2. The molecule has 2 aliphatic carbocycles. The number of hydrogen-bond acceptors (Lipinski definition) is 6. The van der Waals surface area contributed by atoms with Crippen molar-refractivity contribution in [1.29, 1.82) is 0 Å². The van der Waals surface area contributed by atoms with E-state index in [4.69, 9.17) is 5.73 Å². The largest absolute Gasteiger partial charge is 0.328 e. The van der Waals surface area contributed by atoms with Crippen molar-refractivity contribution in [3.63, 3.8) is 0 Å². The molecule has 2 aromatic heterocycles. The fourth-order valence-corrected chi connectivity index (χ4v) is 4.30. The molecule has 2 aromatic rings. The lowest BCUT2D eigenvalue weighted by molar-refractivity contribution is 0.173. The van der Waals surface area contributed by atoms with E-state index in [0.717, 1.165) is 51.1 Å². The Balaban J connectivity index is 1.26. The van der Waals surface area contributed by atoms with Crippen LogP contribution in [0.25, 0.3) is 0 Å². The van der Waals surface area contributed by atoms with E-state index in [9.17, 15) is 0 Å². The molecular formula is C17H26N8. The third-order valence-corrected chi connectivity index (χ3v) is 6.02. The van der Waals surface area contributed by atoms with E-state index in [2.05, 4.69) is 34.4 Å². The Kier molecular flexibility index (Phi) is 3.82. The van der Waals surface area contributed by atoms with Crippen LogP contribution in [0.15, 0.2) is 12.7 Å². The minimum absolute atomic E-state index is 0.356. The van der Waals surface area contributed by atoms with Gasteiger partial charge in [0.25, 0.3) is 0 Å². The monoisotopic (exact) mass is 342 g/mol. The van der Waals surface area contributed by atoms with Crippen LogP contribution in [0.2, 0.25) is 0 Å². The summed E-state index contributed by atoms with van der Waals surface area (Å²) in [6, 6.07) is 1.51. The van der Waals surface area contributed by atoms with Crippen LogP contribution in [-0.2, 0) is 6.54 Å². The van der Waals surface area contributed by atoms with E-state index >= 15 is 0 Å². The highest BCUT2D eigenvalue weighted by Crippen LogP contribution is 2.42. The Morgan fingerprint density at radius 1 is 0.960 bits per heavy atom. The number of likely N-dealkylation sites (tertiary alicyclic amines) is 1. The van der Waals surface area contributed by atoms with Gasteiger partial charge in [-0.25, -0.2) is 0 Å². The standard InChI is InChI=1S/C17H26N8/c18-13-7-12(8-13)17-22-21-16(25(17)15-1-2-15)9-23-5-3-14(4-6-23)24-10-19-20-11-24/h10-15H,1-9,18H2. The molecule has 0 unspecified atom stereocenters. The van der Waals surface area contributed by atoms with Crippen molar-refractivity contribution in [3.05, 3.63) is 24.3 Å². The summed E-state index contributed by atoms with van der Waals surface area (Å²) in [5.41, 5.74) is 5.98. The highest BCUT2D eigenvalue weighted by Gasteiger charge is 2.37. The summed E-state index contributed by atoms with van der Waals surface area (Å²) in [5.74, 6) is 2.87. The predicted octanol–water partition coefficient (Wildman–Crippen LogP) is 1.25. The van der Waals surface area contributed by atoms with Crippen molar-refractivity contribution in [2.75, 3.05) is 13.1 Å². The number of aromatic nitrogens is 6. The van der Waals surface area contributed by atoms with Gasteiger partial charge in [0, 0.05) is 37.1 Å². The van der Waals surface area contributed by atoms with Gasteiger partial charge in [0.15, 0.2) is 0 Å². The van der Waals surface area contributed by atoms with Crippen LogP contribution in [0.3, 0.4) is 0 Å². The molecular weight excluding hydrogens is 316 g/mol. The zero-order chi connectivity index (χ0) is 16.8. The Hall–Kier alpha value is -1.80. The average molecular weight is 342 g/mol. The van der Waals surface area contributed by atoms with Crippen molar-refractivity contribution >= 4 is 0 Å². The zero-order valence-electron chi connectivity index (χ0n) is 14.5. The van der Waals surface area contributed by atoms with Crippen molar-refractivity contribution < 1.29 is 0 Å². The maximum Gasteiger partial charge on any atom is 0.147 e. The van der Waals surface area contributed by atoms with Gasteiger partial charge in [0.1, 0.15) is 24.3 Å². The number of rotatable bonds is 5. The maximum atomic E-state index is 5.98. The summed E-state index contributed by atoms with van der Waals surface area (Å²) in [7, 11) is 0. The van der Waals surface area contributed by atoms with E-state index in [1.165, 1.54) is 18.7 Å².